The Morgan fingerprint density at radius 2 is 1.63 bits per heavy atom. The molecule has 1 heterocycles. The second-order valence-electron chi connectivity index (χ2n) is 9.04. The number of benzene rings is 3. The number of carbonyl (C=O) groups is 4. The molecule has 3 aliphatic carbocycles. The minimum atomic E-state index is -1.27. The summed E-state index contributed by atoms with van der Waals surface area (Å²) >= 11 is 6.22. The Kier molecular flexibility index (Phi) is 4.73. The topological polar surface area (TPSA) is 80.8 Å². The number of halogens is 1. The average Bonchev–Trinajstić information content (AvgIpc) is 3.15. The molecule has 1 fully saturated rings. The van der Waals surface area contributed by atoms with Crippen LogP contribution in [0.1, 0.15) is 45.5 Å². The van der Waals surface area contributed by atoms with Gasteiger partial charge in [-0.1, -0.05) is 60.1 Å². The fraction of sp³-hybridized carbons (Fsp3) is 0.214. The third-order valence-electron chi connectivity index (χ3n) is 7.57. The number of hydrogen-bond acceptors (Lipinski definition) is 5. The van der Waals surface area contributed by atoms with Gasteiger partial charge in [0.15, 0.2) is 0 Å². The van der Waals surface area contributed by atoms with Gasteiger partial charge in [-0.15, -0.1) is 0 Å². The van der Waals surface area contributed by atoms with E-state index in [1.807, 2.05) is 48.5 Å². The zero-order chi connectivity index (χ0) is 24.5. The van der Waals surface area contributed by atoms with Gasteiger partial charge in [0.2, 0.25) is 11.8 Å². The van der Waals surface area contributed by atoms with Gasteiger partial charge in [-0.05, 0) is 47.4 Å². The van der Waals surface area contributed by atoms with Crippen LogP contribution >= 0.6 is 11.6 Å². The molecule has 3 aromatic carbocycles. The molecule has 0 radical (unpaired) electrons. The van der Waals surface area contributed by atoms with Crippen molar-refractivity contribution in [3.8, 4) is 0 Å². The predicted octanol–water partition coefficient (Wildman–Crippen LogP) is 4.27. The molecule has 174 valence electrons. The van der Waals surface area contributed by atoms with Crippen LogP contribution in [0.5, 0.6) is 0 Å². The van der Waals surface area contributed by atoms with Crippen LogP contribution in [0.2, 0.25) is 5.02 Å². The van der Waals surface area contributed by atoms with Gasteiger partial charge < -0.3 is 9.53 Å². The highest BCUT2D eigenvalue weighted by molar-refractivity contribution is 6.34. The summed E-state index contributed by atoms with van der Waals surface area (Å²) in [6.45, 7) is 1.84. The minimum absolute atomic E-state index is 0.0705. The first kappa shape index (κ1) is 21.7. The molecule has 7 heteroatoms. The first-order chi connectivity index (χ1) is 17.0. The Bertz CT molecular complexity index is 1400. The molecule has 2 amide bonds. The molecule has 35 heavy (non-hydrogen) atoms. The fourth-order valence-electron chi connectivity index (χ4n) is 6.30. The van der Waals surface area contributed by atoms with Crippen LogP contribution in [-0.2, 0) is 24.5 Å². The van der Waals surface area contributed by atoms with Crippen LogP contribution in [0, 0.1) is 11.8 Å². The van der Waals surface area contributed by atoms with Gasteiger partial charge in [0.05, 0.1) is 40.1 Å². The third kappa shape index (κ3) is 2.66. The molecule has 4 aliphatic rings. The number of nitrogens with zero attached hydrogens (tertiary/aromatic N) is 1. The number of amides is 2. The van der Waals surface area contributed by atoms with Crippen molar-refractivity contribution in [3.05, 3.63) is 99.6 Å². The molecular formula is C28H20ClNO5. The fourth-order valence-corrected chi connectivity index (χ4v) is 6.50. The second-order valence-corrected chi connectivity index (χ2v) is 9.45. The van der Waals surface area contributed by atoms with E-state index in [1.165, 1.54) is 18.2 Å². The molecule has 2 bridgehead atoms. The van der Waals surface area contributed by atoms with E-state index < -0.39 is 35.0 Å². The van der Waals surface area contributed by atoms with Crippen LogP contribution in [0.15, 0.2) is 66.7 Å². The van der Waals surface area contributed by atoms with Crippen LogP contribution in [0.4, 0.5) is 5.69 Å². The lowest BCUT2D eigenvalue weighted by atomic mass is 9.48. The van der Waals surface area contributed by atoms with E-state index in [2.05, 4.69) is 0 Å². The average molecular weight is 486 g/mol. The van der Waals surface area contributed by atoms with Crippen molar-refractivity contribution in [3.63, 3.8) is 0 Å². The van der Waals surface area contributed by atoms with Gasteiger partial charge in [-0.3, -0.25) is 9.59 Å². The van der Waals surface area contributed by atoms with Crippen molar-refractivity contribution in [2.45, 2.75) is 18.3 Å². The van der Waals surface area contributed by atoms with E-state index >= 15 is 0 Å². The van der Waals surface area contributed by atoms with Crippen molar-refractivity contribution < 1.29 is 23.9 Å². The van der Waals surface area contributed by atoms with Crippen molar-refractivity contribution in [2.24, 2.45) is 11.8 Å². The summed E-state index contributed by atoms with van der Waals surface area (Å²) in [5.74, 6) is -3.47. The molecule has 0 saturated carbocycles. The smallest absolute Gasteiger partial charge is 0.339 e. The summed E-state index contributed by atoms with van der Waals surface area (Å²) in [5, 5.41) is 0.160. The maximum atomic E-state index is 14.0. The monoisotopic (exact) mass is 485 g/mol. The quantitative estimate of drug-likeness (QED) is 0.313. The third-order valence-corrected chi connectivity index (χ3v) is 7.90. The normalized spacial score (nSPS) is 25.7. The summed E-state index contributed by atoms with van der Waals surface area (Å²) in [6.07, 6.45) is 0.832. The summed E-state index contributed by atoms with van der Waals surface area (Å²) in [5.41, 5.74) is 2.36. The van der Waals surface area contributed by atoms with Crippen molar-refractivity contribution in [2.75, 3.05) is 11.5 Å². The van der Waals surface area contributed by atoms with E-state index in [0.717, 1.165) is 33.4 Å². The minimum Gasteiger partial charge on any atom is -0.462 e. The molecule has 0 aromatic heterocycles. The van der Waals surface area contributed by atoms with Crippen LogP contribution in [0.3, 0.4) is 0 Å². The number of anilines is 1. The zero-order valence-electron chi connectivity index (χ0n) is 18.7. The van der Waals surface area contributed by atoms with E-state index in [4.69, 9.17) is 16.3 Å². The Balaban J connectivity index is 1.55. The Labute approximate surface area is 206 Å². The van der Waals surface area contributed by atoms with Crippen molar-refractivity contribution in [1.82, 2.24) is 0 Å². The summed E-state index contributed by atoms with van der Waals surface area (Å²) in [4.78, 5) is 54.5. The first-order valence-corrected chi connectivity index (χ1v) is 11.8. The number of carbonyl (C=O) groups excluding carboxylic acids is 4. The highest BCUT2D eigenvalue weighted by Crippen LogP contribution is 2.63. The Morgan fingerprint density at radius 1 is 1.00 bits per heavy atom. The molecule has 1 aliphatic heterocycles. The summed E-state index contributed by atoms with van der Waals surface area (Å²) in [6, 6.07) is 19.5. The van der Waals surface area contributed by atoms with E-state index in [9.17, 15) is 19.2 Å². The summed E-state index contributed by atoms with van der Waals surface area (Å²) < 4.78 is 5.08. The number of aldehydes is 1. The molecule has 0 N–H and O–H groups in total. The summed E-state index contributed by atoms with van der Waals surface area (Å²) in [7, 11) is 0. The second kappa shape index (κ2) is 7.62. The van der Waals surface area contributed by atoms with Crippen LogP contribution in [0.25, 0.3) is 0 Å². The van der Waals surface area contributed by atoms with Gasteiger partial charge in [-0.25, -0.2) is 9.69 Å². The van der Waals surface area contributed by atoms with Gasteiger partial charge in [0.25, 0.3) is 0 Å². The van der Waals surface area contributed by atoms with Crippen LogP contribution in [-0.4, -0.2) is 30.7 Å². The Morgan fingerprint density at radius 3 is 2.23 bits per heavy atom. The van der Waals surface area contributed by atoms with Gasteiger partial charge in [0, 0.05) is 5.92 Å². The largest absolute Gasteiger partial charge is 0.462 e. The molecule has 2 atom stereocenters. The maximum Gasteiger partial charge on any atom is 0.339 e. The molecule has 0 unspecified atom stereocenters. The lowest BCUT2D eigenvalue weighted by Gasteiger charge is -2.51. The zero-order valence-corrected chi connectivity index (χ0v) is 19.5. The van der Waals surface area contributed by atoms with E-state index in [1.54, 1.807) is 6.92 Å². The molecule has 7 rings (SSSR count). The standard InChI is InChI=1S/C28H20ClNO5/c1-2-35-27(34)18-13-15(11-12-21(18)29)30-25(32)23-22-16-7-3-5-9-19(16)28(14-31,24(23)26(30)33)20-10-6-4-8-17(20)22/h3-14,22-24H,2H2,1H3/t22?,23-,24+,28?/m1/s1. The van der Waals surface area contributed by atoms with Gasteiger partial charge >= 0.3 is 5.97 Å². The van der Waals surface area contributed by atoms with E-state index in [-0.39, 0.29) is 28.8 Å². The number of esters is 1. The lowest BCUT2D eigenvalue weighted by Crippen LogP contribution is -2.54. The highest BCUT2D eigenvalue weighted by Gasteiger charge is 2.68. The van der Waals surface area contributed by atoms with Gasteiger partial charge in [0.1, 0.15) is 6.29 Å². The number of rotatable bonds is 4. The van der Waals surface area contributed by atoms with Gasteiger partial charge in [-0.2, -0.15) is 0 Å². The van der Waals surface area contributed by atoms with E-state index in [0.29, 0.717) is 0 Å². The SMILES string of the molecule is CCOC(=O)c1cc(N2C(=O)[C@@H]3C4c5ccccc5C(C=O)(c5ccccc54)[C@@H]3C2=O)ccc1Cl. The number of imide groups is 1. The predicted molar refractivity (Wildman–Crippen MR) is 128 cm³/mol. The molecule has 6 nitrogen and oxygen atoms in total. The molecule has 3 aromatic rings. The molecule has 0 spiro atoms. The number of ether oxygens (including phenoxy) is 1. The van der Waals surface area contributed by atoms with Crippen LogP contribution < -0.4 is 4.90 Å². The maximum absolute atomic E-state index is 14.0. The Hall–Kier alpha value is -3.77. The highest BCUT2D eigenvalue weighted by atomic mass is 35.5. The molecular weight excluding hydrogens is 466 g/mol. The molecule has 1 saturated heterocycles. The lowest BCUT2D eigenvalue weighted by molar-refractivity contribution is -0.128. The first-order valence-electron chi connectivity index (χ1n) is 11.4. The van der Waals surface area contributed by atoms with Crippen molar-refractivity contribution in [1.29, 1.82) is 0 Å². The van der Waals surface area contributed by atoms with Crippen molar-refractivity contribution >= 4 is 41.4 Å². The number of hydrogen-bond donors (Lipinski definition) is 0.